The average Bonchev–Trinajstić information content (AvgIpc) is 2.26. The third kappa shape index (κ3) is 2.07. The van der Waals surface area contributed by atoms with E-state index in [1.54, 1.807) is 0 Å². The Morgan fingerprint density at radius 2 is 2.06 bits per heavy atom. The minimum Gasteiger partial charge on any atom is -0.385 e. The highest BCUT2D eigenvalue weighted by molar-refractivity contribution is 6.35. The van der Waals surface area contributed by atoms with Gasteiger partial charge in [-0.3, -0.25) is 4.98 Å². The molecule has 0 spiro atoms. The van der Waals surface area contributed by atoms with Gasteiger partial charge in [0.2, 0.25) is 0 Å². The summed E-state index contributed by atoms with van der Waals surface area (Å²) in [6.07, 6.45) is 0. The summed E-state index contributed by atoms with van der Waals surface area (Å²) in [7, 11) is 0. The predicted octanol–water partition coefficient (Wildman–Crippen LogP) is 4.08. The molecule has 0 saturated carbocycles. The number of hydrogen-bond acceptors (Lipinski definition) is 2. The largest absolute Gasteiger partial charge is 0.385 e. The second-order valence-corrected chi connectivity index (χ2v) is 4.42. The number of pyridine rings is 1. The molecule has 0 atom stereocenters. The van der Waals surface area contributed by atoms with Crippen LogP contribution >= 0.6 is 11.6 Å². The van der Waals surface area contributed by atoms with Crippen LogP contribution in [-0.2, 0) is 0 Å². The van der Waals surface area contributed by atoms with Gasteiger partial charge in [-0.15, -0.1) is 0 Å². The van der Waals surface area contributed by atoms with Crippen LogP contribution in [0.15, 0.2) is 12.1 Å². The molecule has 0 radical (unpaired) electrons. The summed E-state index contributed by atoms with van der Waals surface area (Å²) in [5, 5.41) is 4.33. The lowest BCUT2D eigenvalue weighted by molar-refractivity contribution is 0.629. The second-order valence-electron chi connectivity index (χ2n) is 4.01. The number of nitrogens with one attached hydrogen (secondary N) is 1. The van der Waals surface area contributed by atoms with Crippen molar-refractivity contribution in [3.8, 4) is 0 Å². The van der Waals surface area contributed by atoms with Gasteiger partial charge in [0, 0.05) is 23.3 Å². The molecule has 0 bridgehead atoms. The molecule has 0 fully saturated rings. The Morgan fingerprint density at radius 3 is 2.71 bits per heavy atom. The highest BCUT2D eigenvalue weighted by atomic mass is 35.5. The lowest BCUT2D eigenvalue weighted by Gasteiger charge is -2.14. The van der Waals surface area contributed by atoms with Gasteiger partial charge in [0.1, 0.15) is 5.82 Å². The maximum Gasteiger partial charge on any atom is 0.125 e. The van der Waals surface area contributed by atoms with E-state index in [-0.39, 0.29) is 5.82 Å². The van der Waals surface area contributed by atoms with E-state index in [2.05, 4.69) is 10.3 Å². The van der Waals surface area contributed by atoms with Crippen molar-refractivity contribution in [3.63, 3.8) is 0 Å². The predicted molar refractivity (Wildman–Crippen MR) is 70.3 cm³/mol. The summed E-state index contributed by atoms with van der Waals surface area (Å²) in [5.74, 6) is -0.341. The molecule has 0 unspecified atom stereocenters. The minimum atomic E-state index is -0.341. The summed E-state index contributed by atoms with van der Waals surface area (Å²) in [5.41, 5.74) is 3.49. The van der Waals surface area contributed by atoms with Crippen LogP contribution in [0.1, 0.15) is 18.2 Å². The van der Waals surface area contributed by atoms with Crippen LogP contribution in [-0.4, -0.2) is 11.5 Å². The fourth-order valence-corrected chi connectivity index (χ4v) is 2.16. The Hall–Kier alpha value is -1.35. The second kappa shape index (κ2) is 4.49. The first-order valence-electron chi connectivity index (χ1n) is 5.54. The summed E-state index contributed by atoms with van der Waals surface area (Å²) >= 11 is 6.03. The number of aromatic nitrogens is 1. The monoisotopic (exact) mass is 252 g/mol. The van der Waals surface area contributed by atoms with E-state index in [1.165, 1.54) is 12.1 Å². The lowest BCUT2D eigenvalue weighted by atomic mass is 10.1. The molecule has 0 aliphatic carbocycles. The summed E-state index contributed by atoms with van der Waals surface area (Å²) in [6, 6.07) is 2.76. The van der Waals surface area contributed by atoms with Crippen molar-refractivity contribution in [2.24, 2.45) is 0 Å². The molecule has 1 N–H and O–H groups in total. The topological polar surface area (TPSA) is 24.9 Å². The molecule has 0 aliphatic rings. The zero-order valence-corrected chi connectivity index (χ0v) is 10.8. The highest BCUT2D eigenvalue weighted by Crippen LogP contribution is 2.32. The molecule has 0 aliphatic heterocycles. The minimum absolute atomic E-state index is 0.341. The van der Waals surface area contributed by atoms with E-state index in [4.69, 9.17) is 11.6 Å². The van der Waals surface area contributed by atoms with Gasteiger partial charge in [-0.2, -0.15) is 0 Å². The fraction of sp³-hybridized carbons (Fsp3) is 0.308. The Kier molecular flexibility index (Phi) is 3.20. The lowest BCUT2D eigenvalue weighted by Crippen LogP contribution is -2.03. The fourth-order valence-electron chi connectivity index (χ4n) is 1.91. The number of anilines is 1. The molecule has 2 nitrogen and oxygen atoms in total. The standard InChI is InChI=1S/C13H14ClFN2/c1-4-16-12-7(2)8(3)17-13-10(12)5-9(15)6-11(13)14/h5-6H,4H2,1-3H3,(H,16,17). The zero-order chi connectivity index (χ0) is 12.6. The summed E-state index contributed by atoms with van der Waals surface area (Å²) < 4.78 is 13.4. The SMILES string of the molecule is CCNc1c(C)c(C)nc2c(Cl)cc(F)cc12. The van der Waals surface area contributed by atoms with E-state index >= 15 is 0 Å². The number of rotatable bonds is 2. The number of benzene rings is 1. The van der Waals surface area contributed by atoms with Crippen LogP contribution in [0.3, 0.4) is 0 Å². The molecule has 4 heteroatoms. The van der Waals surface area contributed by atoms with E-state index in [0.717, 1.165) is 28.9 Å². The number of fused-ring (bicyclic) bond motifs is 1. The summed E-state index contributed by atoms with van der Waals surface area (Å²) in [6.45, 7) is 6.67. The Balaban J connectivity index is 2.87. The molecule has 0 saturated heterocycles. The molecule has 2 rings (SSSR count). The first-order valence-corrected chi connectivity index (χ1v) is 5.92. The Labute approximate surface area is 105 Å². The average molecular weight is 253 g/mol. The van der Waals surface area contributed by atoms with Crippen molar-refractivity contribution in [1.82, 2.24) is 4.98 Å². The molecule has 0 amide bonds. The molecule has 1 aromatic heterocycles. The Bertz CT molecular complexity index is 581. The van der Waals surface area contributed by atoms with Gasteiger partial charge in [0.05, 0.1) is 10.5 Å². The first-order chi connectivity index (χ1) is 8.04. The van der Waals surface area contributed by atoms with Crippen molar-refractivity contribution in [1.29, 1.82) is 0 Å². The molecular formula is C13H14ClFN2. The smallest absolute Gasteiger partial charge is 0.125 e. The van der Waals surface area contributed by atoms with Crippen molar-refractivity contribution in [3.05, 3.63) is 34.2 Å². The molecule has 2 aromatic rings. The van der Waals surface area contributed by atoms with Gasteiger partial charge >= 0.3 is 0 Å². The van der Waals surface area contributed by atoms with Crippen molar-refractivity contribution >= 4 is 28.2 Å². The number of halogens is 2. The first kappa shape index (κ1) is 12.1. The summed E-state index contributed by atoms with van der Waals surface area (Å²) in [4.78, 5) is 4.42. The molecule has 1 aromatic carbocycles. The van der Waals surface area contributed by atoms with Gasteiger partial charge < -0.3 is 5.32 Å². The van der Waals surface area contributed by atoms with Crippen LogP contribution in [0, 0.1) is 19.7 Å². The van der Waals surface area contributed by atoms with E-state index in [1.807, 2.05) is 20.8 Å². The normalized spacial score (nSPS) is 10.9. The number of nitrogens with zero attached hydrogens (tertiary/aromatic N) is 1. The van der Waals surface area contributed by atoms with Gasteiger partial charge in [0.15, 0.2) is 0 Å². The van der Waals surface area contributed by atoms with Gasteiger partial charge in [-0.25, -0.2) is 4.39 Å². The number of aryl methyl sites for hydroxylation is 1. The van der Waals surface area contributed by atoms with Crippen molar-refractivity contribution in [2.75, 3.05) is 11.9 Å². The van der Waals surface area contributed by atoms with Crippen LogP contribution < -0.4 is 5.32 Å². The van der Waals surface area contributed by atoms with Gasteiger partial charge in [-0.05, 0) is 38.5 Å². The van der Waals surface area contributed by atoms with E-state index < -0.39 is 0 Å². The van der Waals surface area contributed by atoms with E-state index in [9.17, 15) is 4.39 Å². The molecule has 1 heterocycles. The van der Waals surface area contributed by atoms with E-state index in [0.29, 0.717) is 10.5 Å². The zero-order valence-electron chi connectivity index (χ0n) is 10.1. The van der Waals surface area contributed by atoms with Gasteiger partial charge in [-0.1, -0.05) is 11.6 Å². The highest BCUT2D eigenvalue weighted by Gasteiger charge is 2.12. The molecule has 90 valence electrons. The van der Waals surface area contributed by atoms with Gasteiger partial charge in [0.25, 0.3) is 0 Å². The van der Waals surface area contributed by atoms with Crippen LogP contribution in [0.2, 0.25) is 5.02 Å². The quantitative estimate of drug-likeness (QED) is 0.871. The van der Waals surface area contributed by atoms with Crippen molar-refractivity contribution in [2.45, 2.75) is 20.8 Å². The van der Waals surface area contributed by atoms with Crippen LogP contribution in [0.4, 0.5) is 10.1 Å². The third-order valence-corrected chi connectivity index (χ3v) is 3.14. The Morgan fingerprint density at radius 1 is 1.35 bits per heavy atom. The van der Waals surface area contributed by atoms with Crippen molar-refractivity contribution < 1.29 is 4.39 Å². The third-order valence-electron chi connectivity index (χ3n) is 2.85. The van der Waals surface area contributed by atoms with Crippen LogP contribution in [0.25, 0.3) is 10.9 Å². The maximum absolute atomic E-state index is 13.4. The van der Waals surface area contributed by atoms with Crippen LogP contribution in [0.5, 0.6) is 0 Å². The molecular weight excluding hydrogens is 239 g/mol. The number of hydrogen-bond donors (Lipinski definition) is 1. The molecule has 17 heavy (non-hydrogen) atoms. The maximum atomic E-state index is 13.4.